The van der Waals surface area contributed by atoms with Crippen LogP contribution < -0.4 is 4.74 Å². The van der Waals surface area contributed by atoms with Crippen LogP contribution in [0.25, 0.3) is 0 Å². The lowest BCUT2D eigenvalue weighted by atomic mass is 9.79. The van der Waals surface area contributed by atoms with E-state index in [1.807, 2.05) is 0 Å². The number of fused-ring (bicyclic) bond motifs is 1. The van der Waals surface area contributed by atoms with Crippen molar-refractivity contribution in [1.82, 2.24) is 0 Å². The van der Waals surface area contributed by atoms with Gasteiger partial charge in [-0.3, -0.25) is 4.79 Å². The van der Waals surface area contributed by atoms with Crippen LogP contribution in [0, 0.1) is 0 Å². The molecule has 0 aliphatic heterocycles. The van der Waals surface area contributed by atoms with Crippen molar-refractivity contribution in [2.75, 3.05) is 21.3 Å². The molecule has 0 radical (unpaired) electrons. The van der Waals surface area contributed by atoms with Gasteiger partial charge in [-0.25, -0.2) is 0 Å². The van der Waals surface area contributed by atoms with Gasteiger partial charge in [0.15, 0.2) is 0 Å². The Bertz CT molecular complexity index is 407. The minimum Gasteiger partial charge on any atom is -0.496 e. The second kappa shape index (κ2) is 3.32. The van der Waals surface area contributed by atoms with Crippen LogP contribution in [0.15, 0.2) is 18.2 Å². The maximum absolute atomic E-state index is 11.8. The zero-order valence-electron chi connectivity index (χ0n) is 8.87. The molecule has 2 rings (SSSR count). The maximum Gasteiger partial charge on any atom is 0.265 e. The van der Waals surface area contributed by atoms with Crippen LogP contribution in [0.5, 0.6) is 5.75 Å². The van der Waals surface area contributed by atoms with Gasteiger partial charge in [0, 0.05) is 19.8 Å². The standard InChI is InChI=1S/C11H12O4/c1-13-8-6-4-5-7-9(8)11(14-2,15-3)10(7)12/h4-6H,1-3H3. The van der Waals surface area contributed by atoms with Crippen LogP contribution in [0.2, 0.25) is 0 Å². The number of ketones is 1. The van der Waals surface area contributed by atoms with E-state index in [4.69, 9.17) is 14.2 Å². The van der Waals surface area contributed by atoms with E-state index in [-0.39, 0.29) is 5.78 Å². The van der Waals surface area contributed by atoms with Crippen LogP contribution in [0.4, 0.5) is 0 Å². The molecule has 1 aromatic carbocycles. The number of methoxy groups -OCH3 is 3. The van der Waals surface area contributed by atoms with Gasteiger partial charge in [0.05, 0.1) is 12.7 Å². The summed E-state index contributed by atoms with van der Waals surface area (Å²) in [6.45, 7) is 0. The fourth-order valence-electron chi connectivity index (χ4n) is 1.93. The Morgan fingerprint density at radius 3 is 2.33 bits per heavy atom. The van der Waals surface area contributed by atoms with Crippen molar-refractivity contribution in [3.05, 3.63) is 29.3 Å². The molecule has 4 nitrogen and oxygen atoms in total. The van der Waals surface area contributed by atoms with Crippen molar-refractivity contribution in [3.63, 3.8) is 0 Å². The van der Waals surface area contributed by atoms with Crippen LogP contribution >= 0.6 is 0 Å². The summed E-state index contributed by atoms with van der Waals surface area (Å²) in [5.41, 5.74) is 1.26. The van der Waals surface area contributed by atoms with Gasteiger partial charge in [0.25, 0.3) is 5.79 Å². The Labute approximate surface area is 87.8 Å². The predicted molar refractivity (Wildman–Crippen MR) is 53.0 cm³/mol. The smallest absolute Gasteiger partial charge is 0.265 e. The highest BCUT2D eigenvalue weighted by molar-refractivity contribution is 6.12. The van der Waals surface area contributed by atoms with Crippen molar-refractivity contribution in [2.45, 2.75) is 5.79 Å². The first-order chi connectivity index (χ1) is 7.21. The van der Waals surface area contributed by atoms with E-state index in [1.165, 1.54) is 14.2 Å². The summed E-state index contributed by atoms with van der Waals surface area (Å²) in [5.74, 6) is -0.834. The molecule has 0 bridgehead atoms. The number of Topliss-reactive ketones (excluding diaryl/α,β-unsaturated/α-hetero) is 1. The molecule has 0 atom stereocenters. The Morgan fingerprint density at radius 2 is 1.80 bits per heavy atom. The molecule has 0 unspecified atom stereocenters. The van der Waals surface area contributed by atoms with Crippen molar-refractivity contribution in [3.8, 4) is 5.75 Å². The van der Waals surface area contributed by atoms with Crippen molar-refractivity contribution < 1.29 is 19.0 Å². The first-order valence-corrected chi connectivity index (χ1v) is 4.54. The third kappa shape index (κ3) is 1.06. The molecule has 0 N–H and O–H groups in total. The lowest BCUT2D eigenvalue weighted by molar-refractivity contribution is -0.187. The van der Waals surface area contributed by atoms with Gasteiger partial charge in [-0.05, 0) is 6.07 Å². The van der Waals surface area contributed by atoms with E-state index in [0.717, 1.165) is 0 Å². The molecule has 1 aromatic rings. The zero-order valence-corrected chi connectivity index (χ0v) is 8.87. The summed E-state index contributed by atoms with van der Waals surface area (Å²) in [6, 6.07) is 5.28. The molecule has 0 amide bonds. The summed E-state index contributed by atoms with van der Waals surface area (Å²) in [4.78, 5) is 11.8. The molecule has 4 heteroatoms. The largest absolute Gasteiger partial charge is 0.496 e. The van der Waals surface area contributed by atoms with Gasteiger partial charge in [-0.15, -0.1) is 0 Å². The highest BCUT2D eigenvalue weighted by Crippen LogP contribution is 2.47. The van der Waals surface area contributed by atoms with Crippen LogP contribution in [-0.4, -0.2) is 27.1 Å². The van der Waals surface area contributed by atoms with Crippen molar-refractivity contribution in [2.24, 2.45) is 0 Å². The topological polar surface area (TPSA) is 44.8 Å². The third-order valence-corrected chi connectivity index (χ3v) is 2.69. The summed E-state index contributed by atoms with van der Waals surface area (Å²) >= 11 is 0. The second-order valence-corrected chi connectivity index (χ2v) is 3.24. The highest BCUT2D eigenvalue weighted by atomic mass is 16.7. The fraction of sp³-hybridized carbons (Fsp3) is 0.364. The van der Waals surface area contributed by atoms with Gasteiger partial charge < -0.3 is 14.2 Å². The van der Waals surface area contributed by atoms with Crippen LogP contribution in [0.3, 0.4) is 0 Å². The average Bonchev–Trinajstić information content (AvgIpc) is 2.30. The molecule has 0 saturated heterocycles. The lowest BCUT2D eigenvalue weighted by Gasteiger charge is -2.39. The first-order valence-electron chi connectivity index (χ1n) is 4.54. The number of carbonyl (C=O) groups is 1. The monoisotopic (exact) mass is 208 g/mol. The summed E-state index contributed by atoms with van der Waals surface area (Å²) in [6.07, 6.45) is 0. The van der Waals surface area contributed by atoms with Gasteiger partial charge in [-0.1, -0.05) is 12.1 Å². The first kappa shape index (κ1) is 10.1. The molecule has 0 aromatic heterocycles. The maximum atomic E-state index is 11.8. The summed E-state index contributed by atoms with van der Waals surface area (Å²) in [5, 5.41) is 0. The Kier molecular flexibility index (Phi) is 2.25. The minimum atomic E-state index is -1.28. The average molecular weight is 208 g/mol. The van der Waals surface area contributed by atoms with Gasteiger partial charge in [-0.2, -0.15) is 0 Å². The molecule has 0 fully saturated rings. The highest BCUT2D eigenvalue weighted by Gasteiger charge is 2.55. The van der Waals surface area contributed by atoms with E-state index in [2.05, 4.69) is 0 Å². The summed E-state index contributed by atoms with van der Waals surface area (Å²) < 4.78 is 15.5. The number of hydrogen-bond acceptors (Lipinski definition) is 4. The minimum absolute atomic E-state index is 0.165. The fourth-order valence-corrected chi connectivity index (χ4v) is 1.93. The van der Waals surface area contributed by atoms with Crippen LogP contribution in [-0.2, 0) is 15.3 Å². The van der Waals surface area contributed by atoms with Gasteiger partial charge in [0.2, 0.25) is 5.78 Å². The van der Waals surface area contributed by atoms with Crippen LogP contribution in [0.1, 0.15) is 15.9 Å². The number of hydrogen-bond donors (Lipinski definition) is 0. The Morgan fingerprint density at radius 1 is 1.13 bits per heavy atom. The SMILES string of the molecule is COc1cccc2c1C(OC)(OC)C2=O. The number of carbonyl (C=O) groups excluding carboxylic acids is 1. The molecule has 80 valence electrons. The van der Waals surface area contributed by atoms with Crippen molar-refractivity contribution >= 4 is 5.78 Å². The Hall–Kier alpha value is -1.39. The van der Waals surface area contributed by atoms with E-state index in [0.29, 0.717) is 16.9 Å². The summed E-state index contributed by atoms with van der Waals surface area (Å²) in [7, 11) is 4.43. The van der Waals surface area contributed by atoms with E-state index >= 15 is 0 Å². The molecular weight excluding hydrogens is 196 g/mol. The van der Waals surface area contributed by atoms with E-state index in [9.17, 15) is 4.79 Å². The van der Waals surface area contributed by atoms with Crippen molar-refractivity contribution in [1.29, 1.82) is 0 Å². The molecule has 0 spiro atoms. The normalized spacial score (nSPS) is 16.9. The molecule has 1 aliphatic rings. The molecular formula is C11H12O4. The lowest BCUT2D eigenvalue weighted by Crippen LogP contribution is -2.49. The number of ether oxygens (including phenoxy) is 3. The van der Waals surface area contributed by atoms with E-state index in [1.54, 1.807) is 25.3 Å². The number of rotatable bonds is 3. The second-order valence-electron chi connectivity index (χ2n) is 3.24. The number of benzene rings is 1. The quantitative estimate of drug-likeness (QED) is 0.703. The molecule has 0 saturated carbocycles. The van der Waals surface area contributed by atoms with Gasteiger partial charge >= 0.3 is 0 Å². The zero-order chi connectivity index (χ0) is 11.1. The van der Waals surface area contributed by atoms with E-state index < -0.39 is 5.79 Å². The predicted octanol–water partition coefficient (Wildman–Crippen LogP) is 1.34. The third-order valence-electron chi connectivity index (χ3n) is 2.69. The molecule has 15 heavy (non-hydrogen) atoms. The Balaban J connectivity index is 2.61. The van der Waals surface area contributed by atoms with Gasteiger partial charge in [0.1, 0.15) is 5.75 Å². The molecule has 1 aliphatic carbocycles. The molecule has 0 heterocycles.